The normalized spacial score (nSPS) is 15.1. The molecule has 0 amide bonds. The zero-order valence-corrected chi connectivity index (χ0v) is 9.46. The van der Waals surface area contributed by atoms with Crippen molar-refractivity contribution >= 4 is 0 Å². The summed E-state index contributed by atoms with van der Waals surface area (Å²) in [4.78, 5) is 0. The molecule has 0 aliphatic rings. The topological polar surface area (TPSA) is 12.0 Å². The van der Waals surface area contributed by atoms with E-state index >= 15 is 0 Å². The van der Waals surface area contributed by atoms with Gasteiger partial charge in [-0.2, -0.15) is 0 Å². The molecule has 1 nitrogen and oxygen atoms in total. The third-order valence-electron chi connectivity index (χ3n) is 2.98. The number of hydrogen-bond donors (Lipinski definition) is 1. The molecule has 0 spiro atoms. The second-order valence-corrected chi connectivity index (χ2v) is 3.96. The third-order valence-corrected chi connectivity index (χ3v) is 2.98. The molecule has 2 unspecified atom stereocenters. The molecule has 1 N–H and O–H groups in total. The fourth-order valence-electron chi connectivity index (χ4n) is 1.85. The molecule has 0 aliphatic heterocycles. The minimum absolute atomic E-state index is 0.645. The average molecular weight is 191 g/mol. The molecule has 0 aromatic heterocycles. The molecular formula is C13H21N. The van der Waals surface area contributed by atoms with E-state index in [0.717, 1.165) is 12.5 Å². The van der Waals surface area contributed by atoms with E-state index < -0.39 is 0 Å². The fourth-order valence-corrected chi connectivity index (χ4v) is 1.85. The molecule has 0 aliphatic carbocycles. The lowest BCUT2D eigenvalue weighted by Gasteiger charge is -2.23. The van der Waals surface area contributed by atoms with Crippen LogP contribution in [-0.2, 0) is 0 Å². The number of benzene rings is 1. The Balaban J connectivity index is 2.77. The molecule has 14 heavy (non-hydrogen) atoms. The van der Waals surface area contributed by atoms with Gasteiger partial charge in [0, 0.05) is 6.54 Å². The Morgan fingerprint density at radius 1 is 1.21 bits per heavy atom. The molecule has 0 bridgehead atoms. The molecule has 78 valence electrons. The van der Waals surface area contributed by atoms with Gasteiger partial charge in [0.05, 0.1) is 0 Å². The Labute approximate surface area is 87.5 Å². The van der Waals surface area contributed by atoms with Crippen LogP contribution < -0.4 is 5.32 Å². The van der Waals surface area contributed by atoms with Crippen LogP contribution in [0.15, 0.2) is 30.3 Å². The predicted octanol–water partition coefficient (Wildman–Crippen LogP) is 3.04. The second kappa shape index (κ2) is 5.82. The molecule has 0 heterocycles. The lowest BCUT2D eigenvalue weighted by Crippen LogP contribution is -2.22. The third kappa shape index (κ3) is 2.85. The minimum Gasteiger partial charge on any atom is -0.319 e. The van der Waals surface area contributed by atoms with Crippen LogP contribution in [0.5, 0.6) is 0 Å². The van der Waals surface area contributed by atoms with Crippen molar-refractivity contribution in [2.45, 2.75) is 26.2 Å². The van der Waals surface area contributed by atoms with Crippen LogP contribution in [0.25, 0.3) is 0 Å². The van der Waals surface area contributed by atoms with E-state index in [1.807, 2.05) is 7.05 Å². The van der Waals surface area contributed by atoms with Crippen LogP contribution in [0.2, 0.25) is 0 Å². The van der Waals surface area contributed by atoms with Gasteiger partial charge in [0.1, 0.15) is 0 Å². The first-order chi connectivity index (χ1) is 6.79. The standard InChI is InChI=1S/C13H21N/c1-4-11(2)13(10-14-3)12-8-6-5-7-9-12/h5-9,11,13-14H,4,10H2,1-3H3. The number of rotatable bonds is 5. The summed E-state index contributed by atoms with van der Waals surface area (Å²) in [5, 5.41) is 3.28. The van der Waals surface area contributed by atoms with Crippen molar-refractivity contribution in [1.29, 1.82) is 0 Å². The summed E-state index contributed by atoms with van der Waals surface area (Å²) in [6, 6.07) is 10.8. The van der Waals surface area contributed by atoms with Gasteiger partial charge >= 0.3 is 0 Å². The molecule has 0 saturated heterocycles. The minimum atomic E-state index is 0.645. The first-order valence-corrected chi connectivity index (χ1v) is 5.49. The molecule has 1 rings (SSSR count). The highest BCUT2D eigenvalue weighted by molar-refractivity contribution is 5.20. The second-order valence-electron chi connectivity index (χ2n) is 3.96. The number of likely N-dealkylation sites (N-methyl/N-ethyl adjacent to an activating group) is 1. The van der Waals surface area contributed by atoms with Gasteiger partial charge in [-0.3, -0.25) is 0 Å². The largest absolute Gasteiger partial charge is 0.319 e. The maximum atomic E-state index is 3.28. The summed E-state index contributed by atoms with van der Waals surface area (Å²) in [5.74, 6) is 1.39. The van der Waals surface area contributed by atoms with Crippen molar-refractivity contribution in [3.63, 3.8) is 0 Å². The quantitative estimate of drug-likeness (QED) is 0.754. The van der Waals surface area contributed by atoms with E-state index in [2.05, 4.69) is 49.5 Å². The van der Waals surface area contributed by atoms with Gasteiger partial charge in [0.15, 0.2) is 0 Å². The highest BCUT2D eigenvalue weighted by atomic mass is 14.8. The summed E-state index contributed by atoms with van der Waals surface area (Å²) in [5.41, 5.74) is 1.45. The van der Waals surface area contributed by atoms with Gasteiger partial charge < -0.3 is 5.32 Å². The molecule has 1 heteroatoms. The van der Waals surface area contributed by atoms with Gasteiger partial charge in [-0.25, -0.2) is 0 Å². The van der Waals surface area contributed by atoms with Gasteiger partial charge in [-0.15, -0.1) is 0 Å². The molecule has 0 fully saturated rings. The molecular weight excluding hydrogens is 170 g/mol. The van der Waals surface area contributed by atoms with Gasteiger partial charge in [-0.1, -0.05) is 50.6 Å². The van der Waals surface area contributed by atoms with Crippen molar-refractivity contribution in [1.82, 2.24) is 5.32 Å². The van der Waals surface area contributed by atoms with Crippen molar-refractivity contribution in [2.24, 2.45) is 5.92 Å². The van der Waals surface area contributed by atoms with Crippen LogP contribution in [0.4, 0.5) is 0 Å². The fraction of sp³-hybridized carbons (Fsp3) is 0.538. The van der Waals surface area contributed by atoms with E-state index in [1.165, 1.54) is 12.0 Å². The molecule has 2 atom stereocenters. The van der Waals surface area contributed by atoms with Crippen molar-refractivity contribution in [2.75, 3.05) is 13.6 Å². The number of nitrogens with one attached hydrogen (secondary N) is 1. The first kappa shape index (κ1) is 11.3. The van der Waals surface area contributed by atoms with E-state index in [1.54, 1.807) is 0 Å². The number of hydrogen-bond acceptors (Lipinski definition) is 1. The molecule has 0 radical (unpaired) electrons. The molecule has 0 saturated carbocycles. The first-order valence-electron chi connectivity index (χ1n) is 5.49. The SMILES string of the molecule is CCC(C)C(CNC)c1ccccc1. The Bertz CT molecular complexity index is 243. The van der Waals surface area contributed by atoms with Crippen LogP contribution >= 0.6 is 0 Å². The van der Waals surface area contributed by atoms with Crippen LogP contribution in [0, 0.1) is 5.92 Å². The molecule has 1 aromatic carbocycles. The summed E-state index contributed by atoms with van der Waals surface area (Å²) in [6.45, 7) is 5.66. The van der Waals surface area contributed by atoms with Gasteiger partial charge in [0.2, 0.25) is 0 Å². The lowest BCUT2D eigenvalue weighted by molar-refractivity contribution is 0.432. The van der Waals surface area contributed by atoms with E-state index in [9.17, 15) is 0 Å². The van der Waals surface area contributed by atoms with Gasteiger partial charge in [0.25, 0.3) is 0 Å². The zero-order chi connectivity index (χ0) is 10.4. The lowest BCUT2D eigenvalue weighted by atomic mass is 9.85. The Hall–Kier alpha value is -0.820. The average Bonchev–Trinajstić information content (AvgIpc) is 2.26. The van der Waals surface area contributed by atoms with E-state index in [0.29, 0.717) is 5.92 Å². The maximum absolute atomic E-state index is 3.28. The summed E-state index contributed by atoms with van der Waals surface area (Å²) >= 11 is 0. The predicted molar refractivity (Wildman–Crippen MR) is 62.6 cm³/mol. The van der Waals surface area contributed by atoms with Crippen LogP contribution in [0.3, 0.4) is 0 Å². The monoisotopic (exact) mass is 191 g/mol. The van der Waals surface area contributed by atoms with E-state index in [-0.39, 0.29) is 0 Å². The Morgan fingerprint density at radius 3 is 2.36 bits per heavy atom. The summed E-state index contributed by atoms with van der Waals surface area (Å²) < 4.78 is 0. The highest BCUT2D eigenvalue weighted by Gasteiger charge is 2.16. The van der Waals surface area contributed by atoms with Crippen molar-refractivity contribution in [3.05, 3.63) is 35.9 Å². The Morgan fingerprint density at radius 2 is 1.86 bits per heavy atom. The maximum Gasteiger partial charge on any atom is 0.00197 e. The van der Waals surface area contributed by atoms with Gasteiger partial charge in [-0.05, 0) is 24.4 Å². The van der Waals surface area contributed by atoms with Crippen molar-refractivity contribution in [3.8, 4) is 0 Å². The Kier molecular flexibility index (Phi) is 4.68. The molecule has 1 aromatic rings. The van der Waals surface area contributed by atoms with Crippen LogP contribution in [-0.4, -0.2) is 13.6 Å². The highest BCUT2D eigenvalue weighted by Crippen LogP contribution is 2.25. The zero-order valence-electron chi connectivity index (χ0n) is 9.46. The summed E-state index contributed by atoms with van der Waals surface area (Å²) in [7, 11) is 2.03. The van der Waals surface area contributed by atoms with E-state index in [4.69, 9.17) is 0 Å². The summed E-state index contributed by atoms with van der Waals surface area (Å²) in [6.07, 6.45) is 1.24. The smallest absolute Gasteiger partial charge is 0.00197 e. The van der Waals surface area contributed by atoms with Crippen LogP contribution in [0.1, 0.15) is 31.7 Å². The van der Waals surface area contributed by atoms with Crippen molar-refractivity contribution < 1.29 is 0 Å².